The van der Waals surface area contributed by atoms with Crippen molar-refractivity contribution in [2.24, 2.45) is 5.10 Å². The molecule has 5 heteroatoms. The van der Waals surface area contributed by atoms with Crippen molar-refractivity contribution in [1.82, 2.24) is 0 Å². The number of nitrogens with one attached hydrogen (secondary N) is 1. The topological polar surface area (TPSA) is 50.7 Å². The summed E-state index contributed by atoms with van der Waals surface area (Å²) in [6.07, 6.45) is 2.14. The van der Waals surface area contributed by atoms with Crippen LogP contribution in [0.25, 0.3) is 0 Å². The number of methoxy groups -OCH3 is 1. The molecule has 94 valence electrons. The average molecular weight is 299 g/mol. The smallest absolute Gasteiger partial charge is 0.354 e. The number of carbonyl (C=O) groups is 1. The number of benzene rings is 1. The molecule has 0 aliphatic heterocycles. The summed E-state index contributed by atoms with van der Waals surface area (Å²) in [4.78, 5) is 11.4. The van der Waals surface area contributed by atoms with Crippen molar-refractivity contribution >= 4 is 17.4 Å². The number of anilines is 1. The molecule has 0 aromatic heterocycles. The fraction of sp³-hybridized carbons (Fsp3) is 0.308. The number of unbranched alkanes of at least 4 members (excludes halogenated alkanes) is 1. The van der Waals surface area contributed by atoms with Gasteiger partial charge in [0.05, 0.1) is 12.8 Å². The number of hydrogen-bond acceptors (Lipinski definition) is 4. The van der Waals surface area contributed by atoms with Crippen molar-refractivity contribution in [3.8, 4) is 0 Å². The molecule has 0 bridgehead atoms. The van der Waals surface area contributed by atoms with Gasteiger partial charge in [-0.1, -0.05) is 24.6 Å². The van der Waals surface area contributed by atoms with Crippen LogP contribution in [0.1, 0.15) is 19.3 Å². The molecule has 0 unspecified atom stereocenters. The number of ether oxygens (including phenoxy) is 1. The van der Waals surface area contributed by atoms with Gasteiger partial charge in [0, 0.05) is 19.5 Å². The van der Waals surface area contributed by atoms with Crippen molar-refractivity contribution in [2.75, 3.05) is 12.5 Å². The molecule has 4 nitrogen and oxygen atoms in total. The van der Waals surface area contributed by atoms with E-state index in [9.17, 15) is 4.79 Å². The maximum absolute atomic E-state index is 11.4. The summed E-state index contributed by atoms with van der Waals surface area (Å²) in [6.45, 7) is 3.73. The Morgan fingerprint density at radius 2 is 2.06 bits per heavy atom. The Kier molecular flexibility index (Phi) is 9.12. The van der Waals surface area contributed by atoms with Crippen LogP contribution < -0.4 is 5.43 Å². The molecule has 0 radical (unpaired) electrons. The Bertz CT molecular complexity index is 380. The summed E-state index contributed by atoms with van der Waals surface area (Å²) < 4.78 is 4.67. The van der Waals surface area contributed by atoms with E-state index in [1.807, 2.05) is 30.3 Å². The summed E-state index contributed by atoms with van der Waals surface area (Å²) in [6, 6.07) is 9.45. The number of nitrogens with zero attached hydrogens (tertiary/aromatic N) is 1. The van der Waals surface area contributed by atoms with Gasteiger partial charge >= 0.3 is 5.97 Å². The minimum Gasteiger partial charge on any atom is -0.464 e. The van der Waals surface area contributed by atoms with E-state index < -0.39 is 5.97 Å². The Balaban J connectivity index is 0.00000289. The minimum atomic E-state index is -0.401. The summed E-state index contributed by atoms with van der Waals surface area (Å²) in [5.74, 6) is -0.401. The van der Waals surface area contributed by atoms with Crippen LogP contribution in [-0.4, -0.2) is 18.8 Å². The third-order valence-electron chi connectivity index (χ3n) is 2.18. The molecular weight excluding hydrogens is 282 g/mol. The number of hydrazone groups is 1. The van der Waals surface area contributed by atoms with Gasteiger partial charge in [0.1, 0.15) is 5.71 Å². The second-order valence-electron chi connectivity index (χ2n) is 3.49. The first kappa shape index (κ1) is 16.8. The minimum absolute atomic E-state index is 0. The Hall–Kier alpha value is -1.22. The van der Waals surface area contributed by atoms with E-state index in [0.717, 1.165) is 18.5 Å². The van der Waals surface area contributed by atoms with Crippen LogP contribution in [-0.2, 0) is 29.0 Å². The van der Waals surface area contributed by atoms with Crippen LogP contribution in [0.3, 0.4) is 0 Å². The Labute approximate surface area is 121 Å². The van der Waals surface area contributed by atoms with Crippen LogP contribution >= 0.6 is 0 Å². The quantitative estimate of drug-likeness (QED) is 0.289. The summed E-state index contributed by atoms with van der Waals surface area (Å²) >= 11 is 0. The Morgan fingerprint density at radius 3 is 2.61 bits per heavy atom. The zero-order valence-electron chi connectivity index (χ0n) is 10.7. The third-order valence-corrected chi connectivity index (χ3v) is 2.18. The number of carbonyl (C=O) groups excluding carboxylic acids is 1. The van der Waals surface area contributed by atoms with Gasteiger partial charge in [-0.05, 0) is 18.6 Å². The van der Waals surface area contributed by atoms with E-state index in [1.54, 1.807) is 0 Å². The molecule has 18 heavy (non-hydrogen) atoms. The number of rotatable bonds is 6. The molecule has 0 fully saturated rings. The van der Waals surface area contributed by atoms with Gasteiger partial charge < -0.3 is 11.7 Å². The second-order valence-corrected chi connectivity index (χ2v) is 3.49. The SMILES string of the molecule is [CH2-]CCC/C(=N/Nc1ccccc1)C(=O)OC.[Zn]. The van der Waals surface area contributed by atoms with Crippen molar-refractivity contribution in [3.05, 3.63) is 37.3 Å². The second kappa shape index (κ2) is 9.78. The first-order valence-corrected chi connectivity index (χ1v) is 5.53. The van der Waals surface area contributed by atoms with Crippen molar-refractivity contribution in [1.29, 1.82) is 0 Å². The molecule has 0 spiro atoms. The van der Waals surface area contributed by atoms with E-state index in [1.165, 1.54) is 7.11 Å². The van der Waals surface area contributed by atoms with Crippen molar-refractivity contribution < 1.29 is 29.0 Å². The normalized spacial score (nSPS) is 10.4. The van der Waals surface area contributed by atoms with Gasteiger partial charge in [-0.2, -0.15) is 11.5 Å². The average Bonchev–Trinajstić information content (AvgIpc) is 2.39. The molecule has 1 rings (SSSR count). The van der Waals surface area contributed by atoms with E-state index in [0.29, 0.717) is 12.1 Å². The van der Waals surface area contributed by atoms with Gasteiger partial charge in [0.25, 0.3) is 0 Å². The summed E-state index contributed by atoms with van der Waals surface area (Å²) in [7, 11) is 1.35. The maximum Gasteiger partial charge on any atom is 0.354 e. The first-order chi connectivity index (χ1) is 8.27. The van der Waals surface area contributed by atoms with Crippen LogP contribution in [0.15, 0.2) is 35.4 Å². The van der Waals surface area contributed by atoms with E-state index in [-0.39, 0.29) is 19.5 Å². The molecule has 1 N–H and O–H groups in total. The molecule has 0 atom stereocenters. The summed E-state index contributed by atoms with van der Waals surface area (Å²) in [5, 5.41) is 4.07. The zero-order chi connectivity index (χ0) is 12.5. The maximum atomic E-state index is 11.4. The molecule has 0 saturated heterocycles. The molecular formula is C13H17N2O2Zn-. The van der Waals surface area contributed by atoms with Crippen molar-refractivity contribution in [2.45, 2.75) is 19.3 Å². The predicted octanol–water partition coefficient (Wildman–Crippen LogP) is 2.63. The molecule has 0 heterocycles. The van der Waals surface area contributed by atoms with Gasteiger partial charge in [-0.25, -0.2) is 4.79 Å². The third kappa shape index (κ3) is 5.92. The molecule has 1 aromatic rings. The van der Waals surface area contributed by atoms with E-state index in [4.69, 9.17) is 0 Å². The van der Waals surface area contributed by atoms with Gasteiger partial charge in [-0.3, -0.25) is 5.43 Å². The van der Waals surface area contributed by atoms with E-state index >= 15 is 0 Å². The number of para-hydroxylation sites is 1. The molecule has 0 amide bonds. The monoisotopic (exact) mass is 297 g/mol. The molecule has 0 aliphatic rings. The number of hydrogen-bond donors (Lipinski definition) is 1. The first-order valence-electron chi connectivity index (χ1n) is 5.53. The van der Waals surface area contributed by atoms with Crippen molar-refractivity contribution in [3.63, 3.8) is 0 Å². The Morgan fingerprint density at radius 1 is 1.39 bits per heavy atom. The molecule has 1 aromatic carbocycles. The number of esters is 1. The van der Waals surface area contributed by atoms with E-state index in [2.05, 4.69) is 22.2 Å². The van der Waals surface area contributed by atoms with Gasteiger partial charge in [0.15, 0.2) is 0 Å². The van der Waals surface area contributed by atoms with Crippen LogP contribution in [0, 0.1) is 6.92 Å². The summed E-state index contributed by atoms with van der Waals surface area (Å²) in [5.41, 5.74) is 4.06. The van der Waals surface area contributed by atoms with Crippen LogP contribution in [0.4, 0.5) is 5.69 Å². The van der Waals surface area contributed by atoms with Crippen LogP contribution in [0.2, 0.25) is 0 Å². The predicted molar refractivity (Wildman–Crippen MR) is 68.7 cm³/mol. The zero-order valence-corrected chi connectivity index (χ0v) is 13.7. The van der Waals surface area contributed by atoms with Gasteiger partial charge in [-0.15, -0.1) is 0 Å². The molecule has 0 aliphatic carbocycles. The largest absolute Gasteiger partial charge is 0.464 e. The fourth-order valence-electron chi connectivity index (χ4n) is 1.26. The standard InChI is InChI=1S/C13H17N2O2.Zn/c1-3-4-10-12(13(16)17-2)15-14-11-8-6-5-7-9-11;/h5-9,14H,1,3-4,10H2,2H3;/q-1;/b15-12-;. The van der Waals surface area contributed by atoms with Gasteiger partial charge in [0.2, 0.25) is 0 Å². The fourth-order valence-corrected chi connectivity index (χ4v) is 1.26. The van der Waals surface area contributed by atoms with Crippen LogP contribution in [0.5, 0.6) is 0 Å². The molecule has 0 saturated carbocycles.